The normalized spacial score (nSPS) is 9.93. The van der Waals surface area contributed by atoms with E-state index in [1.807, 2.05) is 30.3 Å². The first-order valence-electron chi connectivity index (χ1n) is 8.16. The Labute approximate surface area is 170 Å². The maximum atomic E-state index is 13.8. The van der Waals surface area contributed by atoms with Gasteiger partial charge < -0.3 is 16.8 Å². The quantitative estimate of drug-likeness (QED) is 0.586. The van der Waals surface area contributed by atoms with Gasteiger partial charge in [-0.2, -0.15) is 0 Å². The number of thiazole rings is 1. The molecule has 0 spiro atoms. The lowest BCUT2D eigenvalue weighted by Crippen LogP contribution is -2.28. The van der Waals surface area contributed by atoms with Crippen molar-refractivity contribution in [1.82, 2.24) is 10.3 Å². The van der Waals surface area contributed by atoms with Gasteiger partial charge in [0.2, 0.25) is 5.91 Å². The summed E-state index contributed by atoms with van der Waals surface area (Å²) in [6.45, 7) is 0.0856. The third kappa shape index (κ3) is 6.33. The van der Waals surface area contributed by atoms with E-state index in [0.29, 0.717) is 4.88 Å². The van der Waals surface area contributed by atoms with Gasteiger partial charge in [-0.1, -0.05) is 59.3 Å². The number of aromatic nitrogens is 1. The highest BCUT2D eigenvalue weighted by atomic mass is 35.5. The Bertz CT molecular complexity index is 950. The van der Waals surface area contributed by atoms with E-state index in [1.54, 1.807) is 18.2 Å². The van der Waals surface area contributed by atoms with Gasteiger partial charge in [0.25, 0.3) is 5.91 Å². The van der Waals surface area contributed by atoms with Crippen molar-refractivity contribution < 1.29 is 14.0 Å². The summed E-state index contributed by atoms with van der Waals surface area (Å²) in [5, 5.41) is 3.45. The molecular weight excluding hydrogens is 403 g/mol. The lowest BCUT2D eigenvalue weighted by Gasteiger charge is -2.04. The van der Waals surface area contributed by atoms with Crippen molar-refractivity contribution in [3.8, 4) is 10.4 Å². The monoisotopic (exact) mass is 420 g/mol. The Hall–Kier alpha value is -2.97. The van der Waals surface area contributed by atoms with Crippen LogP contribution in [0.1, 0.15) is 16.9 Å². The number of hydrogen-bond acceptors (Lipinski definition) is 5. The average Bonchev–Trinajstić information content (AvgIpc) is 3.04. The molecule has 3 rings (SSSR count). The Kier molecular flexibility index (Phi) is 7.91. The Balaban J connectivity index is 0.000000336. The van der Waals surface area contributed by atoms with Gasteiger partial charge in [0.15, 0.2) is 5.13 Å². The molecule has 0 unspecified atom stereocenters. The summed E-state index contributed by atoms with van der Waals surface area (Å²) in [6, 6.07) is 15.5. The number of amides is 2. The first kappa shape index (κ1) is 21.3. The van der Waals surface area contributed by atoms with Gasteiger partial charge >= 0.3 is 0 Å². The van der Waals surface area contributed by atoms with E-state index >= 15 is 0 Å². The van der Waals surface area contributed by atoms with Crippen LogP contribution in [-0.2, 0) is 4.79 Å². The van der Waals surface area contributed by atoms with Crippen molar-refractivity contribution >= 4 is 39.9 Å². The van der Waals surface area contributed by atoms with Crippen molar-refractivity contribution in [2.24, 2.45) is 5.73 Å². The van der Waals surface area contributed by atoms with Crippen LogP contribution in [0.25, 0.3) is 10.4 Å². The van der Waals surface area contributed by atoms with Crippen LogP contribution in [0.3, 0.4) is 0 Å². The number of hydrogen-bond donors (Lipinski definition) is 3. The molecule has 28 heavy (non-hydrogen) atoms. The highest BCUT2D eigenvalue weighted by Crippen LogP contribution is 2.33. The first-order chi connectivity index (χ1) is 13.4. The fraction of sp³-hybridized carbons (Fsp3) is 0.105. The number of nitrogens with zero attached hydrogens (tertiary/aromatic N) is 1. The van der Waals surface area contributed by atoms with Gasteiger partial charge in [-0.25, -0.2) is 9.37 Å². The summed E-state index contributed by atoms with van der Waals surface area (Å²) in [5.41, 5.74) is 10.9. The Morgan fingerprint density at radius 3 is 2.32 bits per heavy atom. The van der Waals surface area contributed by atoms with E-state index in [-0.39, 0.29) is 29.4 Å². The number of carbonyl (C=O) groups is 2. The van der Waals surface area contributed by atoms with Crippen molar-refractivity contribution in [2.75, 3.05) is 12.3 Å². The summed E-state index contributed by atoms with van der Waals surface area (Å²) < 4.78 is 13.8. The topological polar surface area (TPSA) is 111 Å². The number of primary amides is 1. The molecule has 0 atom stereocenters. The van der Waals surface area contributed by atoms with Crippen LogP contribution < -0.4 is 16.8 Å². The zero-order valence-electron chi connectivity index (χ0n) is 14.7. The van der Waals surface area contributed by atoms with Crippen LogP contribution in [0, 0.1) is 5.82 Å². The molecule has 0 aliphatic rings. The van der Waals surface area contributed by atoms with Crippen LogP contribution in [0.5, 0.6) is 0 Å². The van der Waals surface area contributed by atoms with Crippen molar-refractivity contribution in [2.45, 2.75) is 6.42 Å². The van der Waals surface area contributed by atoms with Gasteiger partial charge in [-0.15, -0.1) is 0 Å². The van der Waals surface area contributed by atoms with Crippen molar-refractivity contribution in [3.05, 3.63) is 71.1 Å². The van der Waals surface area contributed by atoms with E-state index in [9.17, 15) is 14.0 Å². The lowest BCUT2D eigenvalue weighted by atomic mass is 10.1. The van der Waals surface area contributed by atoms with Gasteiger partial charge in [0, 0.05) is 23.6 Å². The van der Waals surface area contributed by atoms with Crippen molar-refractivity contribution in [3.63, 3.8) is 0 Å². The maximum absolute atomic E-state index is 13.8. The number of nitrogens with one attached hydrogen (secondary N) is 1. The second-order valence-corrected chi connectivity index (χ2v) is 6.94. The van der Waals surface area contributed by atoms with E-state index in [0.717, 1.165) is 16.4 Å². The summed E-state index contributed by atoms with van der Waals surface area (Å²) in [4.78, 5) is 27.0. The minimum absolute atomic E-state index is 0.0143. The number of halogens is 2. The minimum Gasteiger partial charge on any atom is -0.375 e. The fourth-order valence-electron chi connectivity index (χ4n) is 2.12. The molecule has 5 N–H and O–H groups in total. The maximum Gasteiger partial charge on any atom is 0.271 e. The third-order valence-electron chi connectivity index (χ3n) is 3.37. The number of benzene rings is 2. The van der Waals surface area contributed by atoms with Crippen LogP contribution in [0.15, 0.2) is 54.6 Å². The standard InChI is InChI=1S/C13H13FN4O2S.C6H5Cl/c14-8-4-2-1-3-7(8)11-10(18-13(16)21-11)12(20)17-6-5-9(15)19;7-6-4-2-1-3-5-6/h1-4H,5-6H2,(H2,15,19)(H2,16,18)(H,17,20);1-5H. The number of rotatable bonds is 5. The lowest BCUT2D eigenvalue weighted by molar-refractivity contribution is -0.117. The predicted molar refractivity (Wildman–Crippen MR) is 110 cm³/mol. The first-order valence-corrected chi connectivity index (χ1v) is 9.36. The smallest absolute Gasteiger partial charge is 0.271 e. The molecule has 0 saturated carbocycles. The molecule has 0 fully saturated rings. The van der Waals surface area contributed by atoms with Crippen LogP contribution in [-0.4, -0.2) is 23.3 Å². The molecule has 0 bridgehead atoms. The van der Waals surface area contributed by atoms with E-state index in [1.165, 1.54) is 6.07 Å². The van der Waals surface area contributed by atoms with Crippen LogP contribution in [0.4, 0.5) is 9.52 Å². The largest absolute Gasteiger partial charge is 0.375 e. The number of anilines is 1. The molecule has 1 aromatic heterocycles. The fourth-order valence-corrected chi connectivity index (χ4v) is 3.12. The molecule has 0 radical (unpaired) electrons. The third-order valence-corrected chi connectivity index (χ3v) is 4.54. The predicted octanol–water partition coefficient (Wildman–Crippen LogP) is 3.48. The molecular formula is C19H18ClFN4O2S. The zero-order valence-corrected chi connectivity index (χ0v) is 16.3. The Morgan fingerprint density at radius 2 is 1.75 bits per heavy atom. The Morgan fingerprint density at radius 1 is 1.11 bits per heavy atom. The average molecular weight is 421 g/mol. The minimum atomic E-state index is -0.526. The van der Waals surface area contributed by atoms with E-state index in [2.05, 4.69) is 10.3 Å². The molecule has 1 heterocycles. The van der Waals surface area contributed by atoms with Gasteiger partial charge in [-0.05, 0) is 18.2 Å². The molecule has 2 amide bonds. The summed E-state index contributed by atoms with van der Waals surface area (Å²) >= 11 is 6.56. The highest BCUT2D eigenvalue weighted by molar-refractivity contribution is 7.19. The molecule has 3 aromatic rings. The zero-order chi connectivity index (χ0) is 20.5. The highest BCUT2D eigenvalue weighted by Gasteiger charge is 2.20. The molecule has 0 saturated heterocycles. The summed E-state index contributed by atoms with van der Waals surface area (Å²) in [7, 11) is 0. The molecule has 0 aliphatic heterocycles. The van der Waals surface area contributed by atoms with Gasteiger partial charge in [-0.3, -0.25) is 9.59 Å². The van der Waals surface area contributed by atoms with E-state index < -0.39 is 17.6 Å². The second-order valence-electron chi connectivity index (χ2n) is 5.48. The molecule has 146 valence electrons. The van der Waals surface area contributed by atoms with Gasteiger partial charge in [0.1, 0.15) is 11.5 Å². The molecule has 0 aliphatic carbocycles. The number of nitrogens with two attached hydrogens (primary N) is 2. The van der Waals surface area contributed by atoms with Crippen LogP contribution in [0.2, 0.25) is 5.02 Å². The molecule has 2 aromatic carbocycles. The number of nitrogen functional groups attached to an aromatic ring is 1. The van der Waals surface area contributed by atoms with Crippen molar-refractivity contribution in [1.29, 1.82) is 0 Å². The molecule has 9 heteroatoms. The van der Waals surface area contributed by atoms with Gasteiger partial charge in [0.05, 0.1) is 4.88 Å². The SMILES string of the molecule is Clc1ccccc1.NC(=O)CCNC(=O)c1nc(N)sc1-c1ccccc1F. The second kappa shape index (κ2) is 10.4. The van der Waals surface area contributed by atoms with Crippen LogP contribution >= 0.6 is 22.9 Å². The number of carbonyl (C=O) groups excluding carboxylic acids is 2. The summed E-state index contributed by atoms with van der Waals surface area (Å²) in [6.07, 6.45) is 0.0143. The van der Waals surface area contributed by atoms with E-state index in [4.69, 9.17) is 23.1 Å². The summed E-state index contributed by atoms with van der Waals surface area (Å²) in [5.74, 6) is -1.52. The molecule has 6 nitrogen and oxygen atoms in total.